The summed E-state index contributed by atoms with van der Waals surface area (Å²) in [6.45, 7) is 2.47. The molecule has 3 rings (SSSR count). The molecule has 2 amide bonds. The molecule has 0 saturated carbocycles. The van der Waals surface area contributed by atoms with Crippen LogP contribution in [0, 0.1) is 5.82 Å². The van der Waals surface area contributed by atoms with Crippen LogP contribution in [0.15, 0.2) is 42.5 Å². The van der Waals surface area contributed by atoms with Gasteiger partial charge in [-0.15, -0.1) is 11.8 Å². The third-order valence-electron chi connectivity index (χ3n) is 4.46. The number of nitrogens with one attached hydrogen (secondary N) is 1. The highest BCUT2D eigenvalue weighted by Crippen LogP contribution is 2.44. The smallest absolute Gasteiger partial charge is 0.236 e. The van der Waals surface area contributed by atoms with Crippen LogP contribution in [0.5, 0.6) is 0 Å². The molecule has 28 heavy (non-hydrogen) atoms. The van der Waals surface area contributed by atoms with Gasteiger partial charge in [-0.2, -0.15) is 0 Å². The predicted octanol–water partition coefficient (Wildman–Crippen LogP) is 4.80. The molecule has 1 fully saturated rings. The van der Waals surface area contributed by atoms with Gasteiger partial charge in [-0.1, -0.05) is 41.4 Å². The molecule has 1 aliphatic rings. The van der Waals surface area contributed by atoms with Crippen molar-refractivity contribution in [2.75, 3.05) is 6.54 Å². The van der Waals surface area contributed by atoms with E-state index >= 15 is 0 Å². The van der Waals surface area contributed by atoms with Crippen LogP contribution in [-0.2, 0) is 16.1 Å². The largest absolute Gasteiger partial charge is 0.352 e. The van der Waals surface area contributed by atoms with Crippen molar-refractivity contribution in [1.29, 1.82) is 0 Å². The van der Waals surface area contributed by atoms with Gasteiger partial charge in [0.15, 0.2) is 0 Å². The molecule has 0 aromatic heterocycles. The van der Waals surface area contributed by atoms with Crippen molar-refractivity contribution in [2.45, 2.75) is 30.5 Å². The summed E-state index contributed by atoms with van der Waals surface area (Å²) in [6.07, 6.45) is 0.179. The Morgan fingerprint density at radius 2 is 1.89 bits per heavy atom. The van der Waals surface area contributed by atoms with E-state index in [4.69, 9.17) is 23.2 Å². The Bertz CT molecular complexity index is 879. The normalized spacial score (nSPS) is 19.1. The zero-order chi connectivity index (χ0) is 20.3. The summed E-state index contributed by atoms with van der Waals surface area (Å²) in [4.78, 5) is 26.4. The Labute approximate surface area is 177 Å². The third kappa shape index (κ3) is 4.99. The van der Waals surface area contributed by atoms with Crippen molar-refractivity contribution < 1.29 is 14.0 Å². The lowest BCUT2D eigenvalue weighted by molar-refractivity contribution is -0.130. The summed E-state index contributed by atoms with van der Waals surface area (Å²) in [6, 6.07) is 11.3. The fraction of sp³-hybridized carbons (Fsp3) is 0.300. The molecular weight excluding hydrogens is 422 g/mol. The number of hydrogen-bond donors (Lipinski definition) is 1. The summed E-state index contributed by atoms with van der Waals surface area (Å²) in [5.41, 5.74) is 1.69. The van der Waals surface area contributed by atoms with E-state index in [-0.39, 0.29) is 34.7 Å². The summed E-state index contributed by atoms with van der Waals surface area (Å²) in [5.74, 6) is -0.496. The number of carbonyl (C=O) groups excluding carboxylic acids is 2. The van der Waals surface area contributed by atoms with Gasteiger partial charge in [-0.3, -0.25) is 9.59 Å². The van der Waals surface area contributed by atoms with Gasteiger partial charge in [0.2, 0.25) is 11.8 Å². The highest BCUT2D eigenvalue weighted by Gasteiger charge is 2.38. The molecular formula is C20H19Cl2FN2O2S. The van der Waals surface area contributed by atoms with E-state index in [0.717, 1.165) is 11.1 Å². The van der Waals surface area contributed by atoms with Crippen LogP contribution in [0.3, 0.4) is 0 Å². The number of benzene rings is 2. The van der Waals surface area contributed by atoms with Crippen LogP contribution in [0.2, 0.25) is 10.0 Å². The van der Waals surface area contributed by atoms with E-state index in [2.05, 4.69) is 5.32 Å². The molecule has 0 radical (unpaired) electrons. The lowest BCUT2D eigenvalue weighted by atomic mass is 10.2. The van der Waals surface area contributed by atoms with Crippen molar-refractivity contribution in [3.05, 3.63) is 69.5 Å². The van der Waals surface area contributed by atoms with Crippen molar-refractivity contribution in [2.24, 2.45) is 0 Å². The Hall–Kier alpha value is -1.76. The van der Waals surface area contributed by atoms with E-state index < -0.39 is 0 Å². The van der Waals surface area contributed by atoms with Crippen molar-refractivity contribution in [3.63, 3.8) is 0 Å². The predicted molar refractivity (Wildman–Crippen MR) is 111 cm³/mol. The van der Waals surface area contributed by atoms with Gasteiger partial charge in [0.1, 0.15) is 11.2 Å². The molecule has 2 aromatic rings. The SMILES string of the molecule is CC1SC(c2ccc(Cl)c(Cl)c2)N(CCC(=O)NCc2ccc(F)cc2)C1=O. The second kappa shape index (κ2) is 9.16. The van der Waals surface area contributed by atoms with Crippen molar-refractivity contribution in [1.82, 2.24) is 10.2 Å². The first-order valence-corrected chi connectivity index (χ1v) is 10.5. The number of hydrogen-bond acceptors (Lipinski definition) is 3. The monoisotopic (exact) mass is 440 g/mol. The molecule has 1 heterocycles. The number of amides is 2. The van der Waals surface area contributed by atoms with Crippen LogP contribution < -0.4 is 5.32 Å². The molecule has 8 heteroatoms. The molecule has 2 unspecified atom stereocenters. The average Bonchev–Trinajstić information content (AvgIpc) is 2.96. The summed E-state index contributed by atoms with van der Waals surface area (Å²) in [5, 5.41) is 3.29. The molecule has 1 aliphatic heterocycles. The van der Waals surface area contributed by atoms with Crippen LogP contribution in [-0.4, -0.2) is 28.5 Å². The summed E-state index contributed by atoms with van der Waals surface area (Å²) >= 11 is 13.6. The number of carbonyl (C=O) groups is 2. The van der Waals surface area contributed by atoms with Gasteiger partial charge < -0.3 is 10.2 Å². The van der Waals surface area contributed by atoms with E-state index in [1.165, 1.54) is 23.9 Å². The van der Waals surface area contributed by atoms with Crippen molar-refractivity contribution >= 4 is 46.8 Å². The molecule has 2 atom stereocenters. The second-order valence-electron chi connectivity index (χ2n) is 6.49. The lowest BCUT2D eigenvalue weighted by Gasteiger charge is -2.24. The van der Waals surface area contributed by atoms with E-state index in [0.29, 0.717) is 23.1 Å². The Morgan fingerprint density at radius 3 is 2.57 bits per heavy atom. The maximum Gasteiger partial charge on any atom is 0.236 e. The molecule has 148 valence electrons. The maximum absolute atomic E-state index is 12.9. The fourth-order valence-electron chi connectivity index (χ4n) is 2.94. The van der Waals surface area contributed by atoms with Crippen LogP contribution in [0.1, 0.15) is 29.8 Å². The van der Waals surface area contributed by atoms with Gasteiger partial charge >= 0.3 is 0 Å². The quantitative estimate of drug-likeness (QED) is 0.701. The molecule has 2 aromatic carbocycles. The van der Waals surface area contributed by atoms with Gasteiger partial charge in [0.25, 0.3) is 0 Å². The van der Waals surface area contributed by atoms with Gasteiger partial charge in [0.05, 0.1) is 15.3 Å². The number of halogens is 3. The first kappa shape index (κ1) is 21.0. The Kier molecular flexibility index (Phi) is 6.86. The van der Waals surface area contributed by atoms with Crippen LogP contribution in [0.25, 0.3) is 0 Å². The first-order chi connectivity index (χ1) is 13.3. The highest BCUT2D eigenvalue weighted by molar-refractivity contribution is 8.01. The van der Waals surface area contributed by atoms with Crippen molar-refractivity contribution in [3.8, 4) is 0 Å². The number of thioether (sulfide) groups is 1. The van der Waals surface area contributed by atoms with E-state index in [1.807, 2.05) is 13.0 Å². The molecule has 0 aliphatic carbocycles. The van der Waals surface area contributed by atoms with E-state index in [1.54, 1.807) is 29.2 Å². The first-order valence-electron chi connectivity index (χ1n) is 8.77. The lowest BCUT2D eigenvalue weighted by Crippen LogP contribution is -2.34. The maximum atomic E-state index is 12.9. The number of nitrogens with zero attached hydrogens (tertiary/aromatic N) is 1. The molecule has 1 N–H and O–H groups in total. The minimum Gasteiger partial charge on any atom is -0.352 e. The Morgan fingerprint density at radius 1 is 1.18 bits per heavy atom. The van der Waals surface area contributed by atoms with Gasteiger partial charge in [0, 0.05) is 19.5 Å². The molecule has 1 saturated heterocycles. The highest BCUT2D eigenvalue weighted by atomic mass is 35.5. The molecule has 0 bridgehead atoms. The summed E-state index contributed by atoms with van der Waals surface area (Å²) < 4.78 is 12.9. The molecule has 4 nitrogen and oxygen atoms in total. The van der Waals surface area contributed by atoms with Gasteiger partial charge in [-0.25, -0.2) is 4.39 Å². The topological polar surface area (TPSA) is 49.4 Å². The minimum atomic E-state index is -0.317. The standard InChI is InChI=1S/C20H19Cl2FN2O2S/c1-12-19(27)25(20(28-12)14-4-7-16(21)17(22)10-14)9-8-18(26)24-11-13-2-5-15(23)6-3-13/h2-7,10,12,20H,8-9,11H2,1H3,(H,24,26). The fourth-order valence-corrected chi connectivity index (χ4v) is 4.54. The Balaban J connectivity index is 1.60. The van der Waals surface area contributed by atoms with Gasteiger partial charge in [-0.05, 0) is 42.3 Å². The average molecular weight is 441 g/mol. The zero-order valence-corrected chi connectivity index (χ0v) is 17.5. The van der Waals surface area contributed by atoms with E-state index in [9.17, 15) is 14.0 Å². The van der Waals surface area contributed by atoms with Crippen LogP contribution >= 0.6 is 35.0 Å². The zero-order valence-electron chi connectivity index (χ0n) is 15.1. The minimum absolute atomic E-state index is 0.00703. The number of rotatable bonds is 6. The second-order valence-corrected chi connectivity index (χ2v) is 8.73. The molecule has 0 spiro atoms. The van der Waals surface area contributed by atoms with Crippen LogP contribution in [0.4, 0.5) is 4.39 Å². The summed E-state index contributed by atoms with van der Waals surface area (Å²) in [7, 11) is 0. The third-order valence-corrected chi connectivity index (χ3v) is 6.59.